The molecule has 0 aromatic carbocycles. The highest BCUT2D eigenvalue weighted by Crippen LogP contribution is 2.25. The zero-order chi connectivity index (χ0) is 15.6. The lowest BCUT2D eigenvalue weighted by molar-refractivity contribution is 0.0692. The number of hydrogen-bond acceptors (Lipinski definition) is 3. The molecule has 1 heterocycles. The molecule has 0 aliphatic heterocycles. The lowest BCUT2D eigenvalue weighted by Gasteiger charge is -2.30. The Hall–Kier alpha value is -1.54. The van der Waals surface area contributed by atoms with E-state index in [0.717, 1.165) is 32.1 Å². The van der Waals surface area contributed by atoms with Crippen molar-refractivity contribution in [2.75, 3.05) is 11.8 Å². The smallest absolute Gasteiger partial charge is 0.354 e. The van der Waals surface area contributed by atoms with Gasteiger partial charge < -0.3 is 10.1 Å². The van der Waals surface area contributed by atoms with E-state index in [0.29, 0.717) is 5.69 Å². The SMILES string of the molecule is Cc1cc(NS(=O)(=O)N(C)C2CCCCC2)c(C(=O)O)[nH]1. The highest BCUT2D eigenvalue weighted by atomic mass is 32.2. The van der Waals surface area contributed by atoms with Gasteiger partial charge in [0.25, 0.3) is 0 Å². The summed E-state index contributed by atoms with van der Waals surface area (Å²) in [6.07, 6.45) is 4.87. The van der Waals surface area contributed by atoms with Crippen molar-refractivity contribution >= 4 is 21.9 Å². The number of nitrogens with zero attached hydrogens (tertiary/aromatic N) is 1. The molecule has 0 saturated heterocycles. The van der Waals surface area contributed by atoms with Gasteiger partial charge in [-0.3, -0.25) is 4.72 Å². The van der Waals surface area contributed by atoms with E-state index in [1.54, 1.807) is 6.92 Å². The molecular weight excluding hydrogens is 294 g/mol. The average molecular weight is 315 g/mol. The largest absolute Gasteiger partial charge is 0.477 e. The molecule has 0 amide bonds. The minimum atomic E-state index is -3.76. The Labute approximate surface area is 124 Å². The maximum atomic E-state index is 12.4. The Bertz CT molecular complexity index is 617. The second-order valence-corrected chi connectivity index (χ2v) is 7.19. The predicted octanol–water partition coefficient (Wildman–Crippen LogP) is 1.94. The molecule has 1 saturated carbocycles. The van der Waals surface area contributed by atoms with Gasteiger partial charge in [0.15, 0.2) is 0 Å². The molecule has 1 aromatic rings. The van der Waals surface area contributed by atoms with Crippen LogP contribution in [-0.4, -0.2) is 41.9 Å². The van der Waals surface area contributed by atoms with Gasteiger partial charge >= 0.3 is 16.2 Å². The first-order valence-electron chi connectivity index (χ1n) is 7.00. The number of nitrogens with one attached hydrogen (secondary N) is 2. The lowest BCUT2D eigenvalue weighted by Crippen LogP contribution is -2.41. The third-order valence-corrected chi connectivity index (χ3v) is 5.41. The normalized spacial score (nSPS) is 17.1. The summed E-state index contributed by atoms with van der Waals surface area (Å²) in [5.41, 5.74) is 0.515. The molecule has 7 nitrogen and oxygen atoms in total. The van der Waals surface area contributed by atoms with Crippen LogP contribution in [-0.2, 0) is 10.2 Å². The van der Waals surface area contributed by atoms with Crippen molar-refractivity contribution < 1.29 is 18.3 Å². The van der Waals surface area contributed by atoms with Crippen LogP contribution in [0.2, 0.25) is 0 Å². The third-order valence-electron chi connectivity index (χ3n) is 3.87. The van der Waals surface area contributed by atoms with Crippen molar-refractivity contribution in [3.05, 3.63) is 17.5 Å². The average Bonchev–Trinajstić information content (AvgIpc) is 2.79. The molecule has 1 aliphatic carbocycles. The van der Waals surface area contributed by atoms with Gasteiger partial charge in [-0.15, -0.1) is 0 Å². The third kappa shape index (κ3) is 3.56. The summed E-state index contributed by atoms with van der Waals surface area (Å²) in [6, 6.07) is 1.46. The van der Waals surface area contributed by atoms with Crippen molar-refractivity contribution in [3.8, 4) is 0 Å². The summed E-state index contributed by atoms with van der Waals surface area (Å²) < 4.78 is 28.5. The van der Waals surface area contributed by atoms with Gasteiger partial charge in [0, 0.05) is 18.8 Å². The van der Waals surface area contributed by atoms with Crippen molar-refractivity contribution in [2.24, 2.45) is 0 Å². The minimum absolute atomic E-state index is 0.0235. The molecule has 0 spiro atoms. The molecule has 0 unspecified atom stereocenters. The Kier molecular flexibility index (Phi) is 4.58. The Balaban J connectivity index is 2.18. The van der Waals surface area contributed by atoms with E-state index in [1.165, 1.54) is 17.4 Å². The maximum Gasteiger partial charge on any atom is 0.354 e. The first-order chi connectivity index (χ1) is 9.81. The van der Waals surface area contributed by atoms with E-state index in [4.69, 9.17) is 5.11 Å². The molecule has 0 bridgehead atoms. The summed E-state index contributed by atoms with van der Waals surface area (Å²) in [6.45, 7) is 1.68. The number of aromatic carboxylic acids is 1. The molecule has 118 valence electrons. The summed E-state index contributed by atoms with van der Waals surface area (Å²) in [7, 11) is -2.22. The molecule has 1 aliphatic rings. The van der Waals surface area contributed by atoms with Crippen LogP contribution >= 0.6 is 0 Å². The molecule has 21 heavy (non-hydrogen) atoms. The van der Waals surface area contributed by atoms with Crippen LogP contribution in [0.3, 0.4) is 0 Å². The Morgan fingerprint density at radius 2 is 2.00 bits per heavy atom. The summed E-state index contributed by atoms with van der Waals surface area (Å²) in [5.74, 6) is -1.19. The zero-order valence-corrected chi connectivity index (χ0v) is 13.0. The number of aromatic nitrogens is 1. The molecular formula is C13H21N3O4S. The second kappa shape index (κ2) is 6.07. The van der Waals surface area contributed by atoms with Crippen LogP contribution in [0.5, 0.6) is 0 Å². The first kappa shape index (κ1) is 15.8. The maximum absolute atomic E-state index is 12.4. The van der Waals surface area contributed by atoms with Gasteiger partial charge in [0.2, 0.25) is 0 Å². The highest BCUT2D eigenvalue weighted by molar-refractivity contribution is 7.90. The van der Waals surface area contributed by atoms with Gasteiger partial charge in [0.05, 0.1) is 5.69 Å². The number of H-pyrrole nitrogens is 1. The molecule has 0 atom stereocenters. The molecule has 8 heteroatoms. The first-order valence-corrected chi connectivity index (χ1v) is 8.44. The number of aryl methyl sites for hydroxylation is 1. The predicted molar refractivity (Wildman–Crippen MR) is 79.7 cm³/mol. The van der Waals surface area contributed by atoms with Crippen molar-refractivity contribution in [1.82, 2.24) is 9.29 Å². The number of rotatable bonds is 5. The molecule has 1 aromatic heterocycles. The molecule has 1 fully saturated rings. The van der Waals surface area contributed by atoms with Gasteiger partial charge in [-0.2, -0.15) is 12.7 Å². The van der Waals surface area contributed by atoms with Crippen LogP contribution in [0.4, 0.5) is 5.69 Å². The lowest BCUT2D eigenvalue weighted by atomic mass is 9.96. The van der Waals surface area contributed by atoms with Gasteiger partial charge in [-0.25, -0.2) is 4.79 Å². The van der Waals surface area contributed by atoms with Crippen molar-refractivity contribution in [2.45, 2.75) is 45.1 Å². The number of carboxylic acids is 1. The van der Waals surface area contributed by atoms with E-state index in [-0.39, 0.29) is 17.4 Å². The van der Waals surface area contributed by atoms with Crippen LogP contribution < -0.4 is 4.72 Å². The van der Waals surface area contributed by atoms with E-state index in [9.17, 15) is 13.2 Å². The summed E-state index contributed by atoms with van der Waals surface area (Å²) >= 11 is 0. The van der Waals surface area contributed by atoms with Crippen LogP contribution in [0.15, 0.2) is 6.07 Å². The van der Waals surface area contributed by atoms with Crippen LogP contribution in [0, 0.1) is 6.92 Å². The van der Waals surface area contributed by atoms with Crippen LogP contribution in [0.1, 0.15) is 48.3 Å². The number of carboxylic acid groups (broad SMARTS) is 1. The quantitative estimate of drug-likeness (QED) is 0.772. The number of hydrogen-bond donors (Lipinski definition) is 3. The van der Waals surface area contributed by atoms with Gasteiger partial charge in [0.1, 0.15) is 5.69 Å². The van der Waals surface area contributed by atoms with E-state index in [1.807, 2.05) is 0 Å². The number of anilines is 1. The monoisotopic (exact) mass is 315 g/mol. The Morgan fingerprint density at radius 3 is 2.57 bits per heavy atom. The van der Waals surface area contributed by atoms with Crippen LogP contribution in [0.25, 0.3) is 0 Å². The zero-order valence-electron chi connectivity index (χ0n) is 12.2. The Morgan fingerprint density at radius 1 is 1.38 bits per heavy atom. The fourth-order valence-electron chi connectivity index (χ4n) is 2.69. The molecule has 0 radical (unpaired) electrons. The van der Waals surface area contributed by atoms with E-state index in [2.05, 4.69) is 9.71 Å². The topological polar surface area (TPSA) is 102 Å². The molecule has 3 N–H and O–H groups in total. The van der Waals surface area contributed by atoms with Gasteiger partial charge in [-0.1, -0.05) is 19.3 Å². The fourth-order valence-corrected chi connectivity index (χ4v) is 3.88. The molecule has 2 rings (SSSR count). The standard InChI is InChI=1S/C13H21N3O4S/c1-9-8-11(12(14-9)13(17)18)15-21(19,20)16(2)10-6-4-3-5-7-10/h8,10,14-15H,3-7H2,1-2H3,(H,17,18). The minimum Gasteiger partial charge on any atom is -0.477 e. The number of carbonyl (C=O) groups is 1. The van der Waals surface area contributed by atoms with Gasteiger partial charge in [-0.05, 0) is 25.8 Å². The fraction of sp³-hybridized carbons (Fsp3) is 0.615. The van der Waals surface area contributed by atoms with E-state index < -0.39 is 16.2 Å². The number of aromatic amines is 1. The van der Waals surface area contributed by atoms with E-state index >= 15 is 0 Å². The summed E-state index contributed by atoms with van der Waals surface area (Å²) in [5, 5.41) is 9.08. The second-order valence-electron chi connectivity index (χ2n) is 5.46. The van der Waals surface area contributed by atoms with Crippen molar-refractivity contribution in [1.29, 1.82) is 0 Å². The highest BCUT2D eigenvalue weighted by Gasteiger charge is 2.29. The summed E-state index contributed by atoms with van der Waals surface area (Å²) in [4.78, 5) is 13.8. The van der Waals surface area contributed by atoms with Crippen molar-refractivity contribution in [3.63, 3.8) is 0 Å².